The minimum absolute atomic E-state index is 0.00131. The summed E-state index contributed by atoms with van der Waals surface area (Å²) < 4.78 is 3.09. The third-order valence-electron chi connectivity index (χ3n) is 3.33. The van der Waals surface area contributed by atoms with Crippen LogP contribution in [0.1, 0.15) is 17.3 Å². The Bertz CT molecular complexity index is 787. The fourth-order valence-electron chi connectivity index (χ4n) is 2.15. The van der Waals surface area contributed by atoms with Crippen molar-refractivity contribution in [1.29, 1.82) is 0 Å². The number of benzene rings is 1. The average Bonchev–Trinajstić information content (AvgIpc) is 3.24. The summed E-state index contributed by atoms with van der Waals surface area (Å²) in [7, 11) is 0. The van der Waals surface area contributed by atoms with Crippen LogP contribution in [-0.4, -0.2) is 9.91 Å². The Kier molecular flexibility index (Phi) is 5.16. The minimum atomic E-state index is -0.391. The van der Waals surface area contributed by atoms with Crippen molar-refractivity contribution in [2.45, 2.75) is 12.5 Å². The number of hydrogen-bond acceptors (Lipinski definition) is 6. The second-order valence-corrected chi connectivity index (χ2v) is 7.11. The number of halogens is 1. The highest BCUT2D eigenvalue weighted by molar-refractivity contribution is 9.08. The van der Waals surface area contributed by atoms with Gasteiger partial charge in [0.05, 0.1) is 21.5 Å². The van der Waals surface area contributed by atoms with Crippen molar-refractivity contribution in [3.05, 3.63) is 68.5 Å². The van der Waals surface area contributed by atoms with E-state index in [0.717, 1.165) is 21.1 Å². The highest BCUT2D eigenvalue weighted by Gasteiger charge is 2.16. The third kappa shape index (κ3) is 3.84. The molecular weight excluding hydrogens is 398 g/mol. The molecule has 5 nitrogen and oxygen atoms in total. The van der Waals surface area contributed by atoms with Crippen LogP contribution in [0.4, 0.5) is 5.69 Å². The van der Waals surface area contributed by atoms with E-state index >= 15 is 0 Å². The summed E-state index contributed by atoms with van der Waals surface area (Å²) in [5.74, 6) is 0. The SMILES string of the molecule is O=[N+]([O-])c1ccc(C[C@H](NBr)c2csc(-c3cccs3)n2)cc1. The van der Waals surface area contributed by atoms with Gasteiger partial charge < -0.3 is 0 Å². The summed E-state index contributed by atoms with van der Waals surface area (Å²) in [6.07, 6.45) is 0.691. The number of nitro benzene ring substituents is 1. The van der Waals surface area contributed by atoms with Crippen LogP contribution >= 0.6 is 38.8 Å². The molecule has 8 heteroatoms. The summed E-state index contributed by atoms with van der Waals surface area (Å²) in [5, 5.41) is 15.8. The van der Waals surface area contributed by atoms with Gasteiger partial charge in [0.15, 0.2) is 0 Å². The lowest BCUT2D eigenvalue weighted by molar-refractivity contribution is -0.384. The summed E-state index contributed by atoms with van der Waals surface area (Å²) in [6.45, 7) is 0. The van der Waals surface area contributed by atoms with Crippen molar-refractivity contribution in [2.75, 3.05) is 0 Å². The number of thiazole rings is 1. The van der Waals surface area contributed by atoms with Crippen LogP contribution in [-0.2, 0) is 6.42 Å². The van der Waals surface area contributed by atoms with E-state index in [9.17, 15) is 10.1 Å². The van der Waals surface area contributed by atoms with Gasteiger partial charge in [-0.3, -0.25) is 10.1 Å². The number of nitrogens with zero attached hydrogens (tertiary/aromatic N) is 2. The van der Waals surface area contributed by atoms with Gasteiger partial charge in [0.25, 0.3) is 5.69 Å². The Labute approximate surface area is 149 Å². The molecule has 0 radical (unpaired) electrons. The molecule has 2 aromatic heterocycles. The van der Waals surface area contributed by atoms with E-state index < -0.39 is 4.92 Å². The van der Waals surface area contributed by atoms with E-state index in [1.165, 1.54) is 12.1 Å². The van der Waals surface area contributed by atoms with Crippen LogP contribution in [0.15, 0.2) is 47.2 Å². The molecule has 0 saturated heterocycles. The van der Waals surface area contributed by atoms with Crippen LogP contribution in [0, 0.1) is 10.1 Å². The molecule has 2 heterocycles. The molecule has 0 aliphatic carbocycles. The van der Waals surface area contributed by atoms with Gasteiger partial charge >= 0.3 is 0 Å². The first kappa shape index (κ1) is 16.3. The fourth-order valence-corrected chi connectivity index (χ4v) is 4.23. The molecule has 1 aromatic carbocycles. The summed E-state index contributed by atoms with van der Waals surface area (Å²) in [5.41, 5.74) is 2.07. The Morgan fingerprint density at radius 3 is 2.65 bits per heavy atom. The first-order valence-corrected chi connectivity index (χ1v) is 9.31. The second-order valence-electron chi connectivity index (χ2n) is 4.84. The van der Waals surface area contributed by atoms with E-state index in [-0.39, 0.29) is 11.7 Å². The molecule has 0 aliphatic rings. The van der Waals surface area contributed by atoms with Gasteiger partial charge in [-0.15, -0.1) is 22.7 Å². The number of hydrogen-bond donors (Lipinski definition) is 1. The van der Waals surface area contributed by atoms with Gasteiger partial charge in [0.2, 0.25) is 0 Å². The van der Waals surface area contributed by atoms with Crippen molar-refractivity contribution in [3.63, 3.8) is 0 Å². The zero-order chi connectivity index (χ0) is 16.2. The first-order chi connectivity index (χ1) is 11.2. The van der Waals surface area contributed by atoms with E-state index in [1.54, 1.807) is 34.8 Å². The van der Waals surface area contributed by atoms with Crippen LogP contribution < -0.4 is 4.34 Å². The quantitative estimate of drug-likeness (QED) is 0.354. The predicted octanol–water partition coefficient (Wildman–Crippen LogP) is 4.96. The summed E-state index contributed by atoms with van der Waals surface area (Å²) in [6, 6.07) is 10.7. The van der Waals surface area contributed by atoms with E-state index in [1.807, 2.05) is 16.8 Å². The molecule has 0 saturated carbocycles. The summed E-state index contributed by atoms with van der Waals surface area (Å²) in [4.78, 5) is 16.2. The van der Waals surface area contributed by atoms with Gasteiger partial charge in [-0.25, -0.2) is 9.33 Å². The minimum Gasteiger partial charge on any atom is -0.258 e. The first-order valence-electron chi connectivity index (χ1n) is 6.76. The van der Waals surface area contributed by atoms with Gasteiger partial charge in [-0.05, 0) is 23.4 Å². The van der Waals surface area contributed by atoms with Crippen molar-refractivity contribution in [1.82, 2.24) is 9.33 Å². The molecule has 0 bridgehead atoms. The Morgan fingerprint density at radius 1 is 1.26 bits per heavy atom. The summed E-state index contributed by atoms with van der Waals surface area (Å²) >= 11 is 6.60. The molecule has 0 fully saturated rings. The molecule has 3 aromatic rings. The van der Waals surface area contributed by atoms with Crippen molar-refractivity contribution < 1.29 is 4.92 Å². The van der Waals surface area contributed by atoms with Crippen LogP contribution in [0.3, 0.4) is 0 Å². The van der Waals surface area contributed by atoms with Crippen molar-refractivity contribution in [2.24, 2.45) is 0 Å². The maximum absolute atomic E-state index is 10.7. The maximum Gasteiger partial charge on any atom is 0.269 e. The van der Waals surface area contributed by atoms with E-state index in [0.29, 0.717) is 6.42 Å². The molecule has 23 heavy (non-hydrogen) atoms. The van der Waals surface area contributed by atoms with Crippen molar-refractivity contribution >= 4 is 44.5 Å². The van der Waals surface area contributed by atoms with Gasteiger partial charge in [-0.2, -0.15) is 0 Å². The number of aromatic nitrogens is 1. The fraction of sp³-hybridized carbons (Fsp3) is 0.133. The molecule has 1 atom stereocenters. The Balaban J connectivity index is 1.76. The molecule has 0 unspecified atom stereocenters. The largest absolute Gasteiger partial charge is 0.269 e. The van der Waals surface area contributed by atoms with Gasteiger partial charge in [0, 0.05) is 33.7 Å². The molecule has 0 amide bonds. The Morgan fingerprint density at radius 2 is 2.04 bits per heavy atom. The predicted molar refractivity (Wildman–Crippen MR) is 97.0 cm³/mol. The van der Waals surface area contributed by atoms with Gasteiger partial charge in [-0.1, -0.05) is 18.2 Å². The van der Waals surface area contributed by atoms with E-state index in [2.05, 4.69) is 26.6 Å². The van der Waals surface area contributed by atoms with E-state index in [4.69, 9.17) is 4.98 Å². The van der Waals surface area contributed by atoms with Crippen LogP contribution in [0.25, 0.3) is 9.88 Å². The number of nitro groups is 1. The lowest BCUT2D eigenvalue weighted by atomic mass is 10.0. The number of thiophene rings is 1. The molecular formula is C15H12BrN3O2S2. The normalized spacial score (nSPS) is 12.2. The zero-order valence-corrected chi connectivity index (χ0v) is 15.0. The molecule has 3 rings (SSSR count). The number of rotatable bonds is 6. The lowest BCUT2D eigenvalue weighted by Crippen LogP contribution is -2.14. The standard InChI is InChI=1S/C15H12BrN3O2S2/c16-18-12(8-10-3-5-11(6-4-10)19(20)21)13-9-23-15(17-13)14-2-1-7-22-14/h1-7,9,12,18H,8H2/t12-/m0/s1. The number of nitrogens with one attached hydrogen (secondary N) is 1. The topological polar surface area (TPSA) is 68.1 Å². The molecule has 1 N–H and O–H groups in total. The van der Waals surface area contributed by atoms with Crippen LogP contribution in [0.5, 0.6) is 0 Å². The lowest BCUT2D eigenvalue weighted by Gasteiger charge is -2.12. The second kappa shape index (κ2) is 7.31. The molecule has 0 aliphatic heterocycles. The highest BCUT2D eigenvalue weighted by atomic mass is 79.9. The molecule has 118 valence electrons. The highest BCUT2D eigenvalue weighted by Crippen LogP contribution is 2.31. The van der Waals surface area contributed by atoms with Gasteiger partial charge in [0.1, 0.15) is 5.01 Å². The van der Waals surface area contributed by atoms with Crippen LogP contribution in [0.2, 0.25) is 0 Å². The third-order valence-corrected chi connectivity index (χ3v) is 5.78. The monoisotopic (exact) mass is 409 g/mol. The smallest absolute Gasteiger partial charge is 0.258 e. The van der Waals surface area contributed by atoms with Crippen molar-refractivity contribution in [3.8, 4) is 9.88 Å². The molecule has 0 spiro atoms. The Hall–Kier alpha value is -1.61. The average molecular weight is 410 g/mol. The maximum atomic E-state index is 10.7. The number of non-ortho nitro benzene ring substituents is 1. The zero-order valence-electron chi connectivity index (χ0n) is 11.8.